The summed E-state index contributed by atoms with van der Waals surface area (Å²) in [6.45, 7) is 0.390. The first-order valence-electron chi connectivity index (χ1n) is 11.8. The molecule has 2 aromatic heterocycles. The van der Waals surface area contributed by atoms with Gasteiger partial charge in [0.1, 0.15) is 17.5 Å². The largest absolute Gasteiger partial charge is 0.497 e. The number of hydrogen-bond acceptors (Lipinski definition) is 7. The molecule has 2 amide bonds. The maximum Gasteiger partial charge on any atom is 0.274 e. The monoisotopic (exact) mass is 500 g/mol. The molecule has 4 rings (SSSR count). The summed E-state index contributed by atoms with van der Waals surface area (Å²) in [6, 6.07) is 21.0. The molecule has 0 spiro atoms. The third kappa shape index (κ3) is 6.72. The number of pyridine rings is 1. The smallest absolute Gasteiger partial charge is 0.274 e. The SMILES string of the molecule is COc1ccc(OC)c(-c2cc(C(=O)N[C@H](Cc3ccccc3)C(=O)NCCc3ccccn3)no2)c1. The average molecular weight is 501 g/mol. The first kappa shape index (κ1) is 25.4. The van der Waals surface area contributed by atoms with Crippen molar-refractivity contribution in [2.45, 2.75) is 18.9 Å². The Morgan fingerprint density at radius 2 is 1.78 bits per heavy atom. The zero-order valence-electron chi connectivity index (χ0n) is 20.6. The lowest BCUT2D eigenvalue weighted by molar-refractivity contribution is -0.122. The fourth-order valence-corrected chi connectivity index (χ4v) is 3.79. The van der Waals surface area contributed by atoms with E-state index in [4.69, 9.17) is 14.0 Å². The van der Waals surface area contributed by atoms with E-state index in [0.29, 0.717) is 42.2 Å². The van der Waals surface area contributed by atoms with Gasteiger partial charge in [0.25, 0.3) is 5.91 Å². The summed E-state index contributed by atoms with van der Waals surface area (Å²) in [5, 5.41) is 9.62. The van der Waals surface area contributed by atoms with Crippen molar-refractivity contribution in [2.24, 2.45) is 0 Å². The molecule has 9 nitrogen and oxygen atoms in total. The lowest BCUT2D eigenvalue weighted by Crippen LogP contribution is -2.48. The van der Waals surface area contributed by atoms with Crippen LogP contribution < -0.4 is 20.1 Å². The zero-order valence-corrected chi connectivity index (χ0v) is 20.6. The molecule has 0 saturated carbocycles. The first-order chi connectivity index (χ1) is 18.1. The molecule has 4 aromatic rings. The predicted molar refractivity (Wildman–Crippen MR) is 137 cm³/mol. The minimum absolute atomic E-state index is 0.0409. The van der Waals surface area contributed by atoms with Gasteiger partial charge < -0.3 is 24.6 Å². The minimum Gasteiger partial charge on any atom is -0.497 e. The van der Waals surface area contributed by atoms with Crippen LogP contribution in [0.3, 0.4) is 0 Å². The van der Waals surface area contributed by atoms with Crippen molar-refractivity contribution < 1.29 is 23.6 Å². The van der Waals surface area contributed by atoms with E-state index in [1.165, 1.54) is 13.2 Å². The molecular weight excluding hydrogens is 472 g/mol. The zero-order chi connectivity index (χ0) is 26.0. The van der Waals surface area contributed by atoms with Crippen molar-refractivity contribution in [3.63, 3.8) is 0 Å². The number of nitrogens with one attached hydrogen (secondary N) is 2. The molecule has 0 aliphatic heterocycles. The van der Waals surface area contributed by atoms with Crippen LogP contribution in [0.25, 0.3) is 11.3 Å². The van der Waals surface area contributed by atoms with E-state index in [1.54, 1.807) is 31.5 Å². The third-order valence-corrected chi connectivity index (χ3v) is 5.73. The maximum atomic E-state index is 13.1. The van der Waals surface area contributed by atoms with Gasteiger partial charge in [-0.1, -0.05) is 41.6 Å². The molecule has 0 radical (unpaired) electrons. The van der Waals surface area contributed by atoms with E-state index < -0.39 is 11.9 Å². The fraction of sp³-hybridized carbons (Fsp3) is 0.214. The number of aromatic nitrogens is 2. The standard InChI is InChI=1S/C28H28N4O5/c1-35-21-11-12-25(36-2)22(17-21)26-18-24(32-37-26)28(34)31-23(16-19-8-4-3-5-9-19)27(33)30-15-13-20-10-6-7-14-29-20/h3-12,14,17-18,23H,13,15-16H2,1-2H3,(H,30,33)(H,31,34)/t23-/m1/s1. The lowest BCUT2D eigenvalue weighted by atomic mass is 10.0. The highest BCUT2D eigenvalue weighted by Crippen LogP contribution is 2.33. The van der Waals surface area contributed by atoms with Crippen LogP contribution in [0.15, 0.2) is 83.5 Å². The Bertz CT molecular complexity index is 1320. The Kier molecular flexibility index (Phi) is 8.49. The van der Waals surface area contributed by atoms with Crippen LogP contribution in [0, 0.1) is 0 Å². The highest BCUT2D eigenvalue weighted by molar-refractivity contribution is 5.97. The van der Waals surface area contributed by atoms with Gasteiger partial charge in [-0.2, -0.15) is 0 Å². The van der Waals surface area contributed by atoms with Gasteiger partial charge >= 0.3 is 0 Å². The van der Waals surface area contributed by atoms with Crippen LogP contribution >= 0.6 is 0 Å². The summed E-state index contributed by atoms with van der Waals surface area (Å²) in [5.41, 5.74) is 2.41. The van der Waals surface area contributed by atoms with E-state index in [-0.39, 0.29) is 11.6 Å². The van der Waals surface area contributed by atoms with Crippen LogP contribution in [0.5, 0.6) is 11.5 Å². The normalized spacial score (nSPS) is 11.4. The number of carbonyl (C=O) groups excluding carboxylic acids is 2. The van der Waals surface area contributed by atoms with Crippen molar-refractivity contribution >= 4 is 11.8 Å². The van der Waals surface area contributed by atoms with Gasteiger partial charge in [0.2, 0.25) is 5.91 Å². The molecule has 0 fully saturated rings. The molecule has 1 atom stereocenters. The molecule has 0 bridgehead atoms. The summed E-state index contributed by atoms with van der Waals surface area (Å²) < 4.78 is 16.1. The molecule has 190 valence electrons. The number of benzene rings is 2. The van der Waals surface area contributed by atoms with Gasteiger partial charge in [-0.25, -0.2) is 0 Å². The first-order valence-corrected chi connectivity index (χ1v) is 11.8. The van der Waals surface area contributed by atoms with Gasteiger partial charge in [0.05, 0.1) is 19.8 Å². The second kappa shape index (κ2) is 12.3. The summed E-state index contributed by atoms with van der Waals surface area (Å²) in [6.07, 6.45) is 2.60. The molecule has 0 aliphatic carbocycles. The Morgan fingerprint density at radius 3 is 2.51 bits per heavy atom. The Labute approximate surface area is 214 Å². The molecule has 2 aromatic carbocycles. The van der Waals surface area contributed by atoms with E-state index in [2.05, 4.69) is 20.8 Å². The molecule has 9 heteroatoms. The maximum absolute atomic E-state index is 13.1. The quantitative estimate of drug-likeness (QED) is 0.324. The number of rotatable bonds is 11. The topological polar surface area (TPSA) is 116 Å². The van der Waals surface area contributed by atoms with Gasteiger partial charge in [0, 0.05) is 37.3 Å². The Balaban J connectivity index is 1.48. The van der Waals surface area contributed by atoms with E-state index in [1.807, 2.05) is 48.5 Å². The minimum atomic E-state index is -0.815. The molecular formula is C28H28N4O5. The van der Waals surface area contributed by atoms with Crippen LogP contribution in [0.4, 0.5) is 0 Å². The van der Waals surface area contributed by atoms with Gasteiger partial charge in [-0.3, -0.25) is 14.6 Å². The predicted octanol–water partition coefficient (Wildman–Crippen LogP) is 3.45. The second-order valence-corrected chi connectivity index (χ2v) is 8.22. The second-order valence-electron chi connectivity index (χ2n) is 8.22. The highest BCUT2D eigenvalue weighted by atomic mass is 16.5. The Morgan fingerprint density at radius 1 is 0.973 bits per heavy atom. The van der Waals surface area contributed by atoms with Crippen molar-refractivity contribution in [3.05, 3.63) is 95.9 Å². The molecule has 0 saturated heterocycles. The summed E-state index contributed by atoms with van der Waals surface area (Å²) >= 11 is 0. The van der Waals surface area contributed by atoms with Gasteiger partial charge in [0.15, 0.2) is 11.5 Å². The lowest BCUT2D eigenvalue weighted by Gasteiger charge is -2.18. The van der Waals surface area contributed by atoms with Crippen LogP contribution in [-0.2, 0) is 17.6 Å². The number of hydrogen-bond donors (Lipinski definition) is 2. The number of carbonyl (C=O) groups is 2. The number of nitrogens with zero attached hydrogens (tertiary/aromatic N) is 2. The molecule has 0 aliphatic rings. The number of amides is 2. The van der Waals surface area contributed by atoms with E-state index in [9.17, 15) is 9.59 Å². The van der Waals surface area contributed by atoms with Gasteiger partial charge in [-0.05, 0) is 35.9 Å². The van der Waals surface area contributed by atoms with Crippen molar-refractivity contribution in [1.29, 1.82) is 0 Å². The van der Waals surface area contributed by atoms with Crippen molar-refractivity contribution in [2.75, 3.05) is 20.8 Å². The number of methoxy groups -OCH3 is 2. The van der Waals surface area contributed by atoms with Crippen molar-refractivity contribution in [3.8, 4) is 22.8 Å². The van der Waals surface area contributed by atoms with E-state index >= 15 is 0 Å². The number of ether oxygens (including phenoxy) is 2. The summed E-state index contributed by atoms with van der Waals surface area (Å²) in [4.78, 5) is 30.4. The molecule has 37 heavy (non-hydrogen) atoms. The molecule has 0 unspecified atom stereocenters. The van der Waals surface area contributed by atoms with Crippen LogP contribution in [0.1, 0.15) is 21.7 Å². The van der Waals surface area contributed by atoms with E-state index in [0.717, 1.165) is 11.3 Å². The summed E-state index contributed by atoms with van der Waals surface area (Å²) in [5.74, 6) is 0.644. The third-order valence-electron chi connectivity index (χ3n) is 5.73. The summed E-state index contributed by atoms with van der Waals surface area (Å²) in [7, 11) is 3.09. The molecule has 2 heterocycles. The molecule has 2 N–H and O–H groups in total. The fourth-order valence-electron chi connectivity index (χ4n) is 3.79. The van der Waals surface area contributed by atoms with Crippen molar-refractivity contribution in [1.82, 2.24) is 20.8 Å². The van der Waals surface area contributed by atoms with Gasteiger partial charge in [-0.15, -0.1) is 0 Å². The highest BCUT2D eigenvalue weighted by Gasteiger charge is 2.24. The Hall–Kier alpha value is -4.66. The van der Waals surface area contributed by atoms with Crippen LogP contribution in [-0.4, -0.2) is 48.8 Å². The average Bonchev–Trinajstić information content (AvgIpc) is 3.44. The van der Waals surface area contributed by atoms with Crippen LogP contribution in [0.2, 0.25) is 0 Å².